The average Bonchev–Trinajstić information content (AvgIpc) is 2.63. The van der Waals surface area contributed by atoms with E-state index in [9.17, 15) is 4.79 Å². The van der Waals surface area contributed by atoms with Crippen LogP contribution in [0.1, 0.15) is 44.7 Å². The molecule has 2 aromatic rings. The number of hydrogen-bond acceptors (Lipinski definition) is 5. The van der Waals surface area contributed by atoms with Crippen molar-refractivity contribution in [3.8, 4) is 0 Å². The Labute approximate surface area is 160 Å². The Morgan fingerprint density at radius 1 is 1.11 bits per heavy atom. The predicted octanol–water partition coefficient (Wildman–Crippen LogP) is 4.79. The third-order valence-corrected chi connectivity index (χ3v) is 4.45. The minimum atomic E-state index is -0.0816. The molecule has 0 saturated heterocycles. The van der Waals surface area contributed by atoms with Crippen molar-refractivity contribution in [3.63, 3.8) is 0 Å². The van der Waals surface area contributed by atoms with Gasteiger partial charge in [0.15, 0.2) is 0 Å². The van der Waals surface area contributed by atoms with E-state index in [-0.39, 0.29) is 5.91 Å². The summed E-state index contributed by atoms with van der Waals surface area (Å²) in [6.45, 7) is 4.30. The molecule has 0 radical (unpaired) electrons. The lowest BCUT2D eigenvalue weighted by molar-refractivity contribution is -0.114. The van der Waals surface area contributed by atoms with Gasteiger partial charge in [0.25, 0.3) is 0 Å². The van der Waals surface area contributed by atoms with Gasteiger partial charge in [-0.05, 0) is 63.3 Å². The molecule has 3 rings (SSSR count). The second-order valence-corrected chi connectivity index (χ2v) is 6.89. The van der Waals surface area contributed by atoms with Crippen LogP contribution in [0.5, 0.6) is 0 Å². The maximum atomic E-state index is 11.1. The molecule has 1 heterocycles. The number of aromatic nitrogens is 2. The van der Waals surface area contributed by atoms with Gasteiger partial charge in [0.2, 0.25) is 11.9 Å². The number of aryl methyl sites for hydroxylation is 1. The summed E-state index contributed by atoms with van der Waals surface area (Å²) < 4.78 is 0. The van der Waals surface area contributed by atoms with Crippen LogP contribution in [0.15, 0.2) is 42.0 Å². The molecular weight excluding hydrogens is 338 g/mol. The van der Waals surface area contributed by atoms with Crippen LogP contribution in [0.4, 0.5) is 23.1 Å². The molecule has 0 bridgehead atoms. The smallest absolute Gasteiger partial charge is 0.224 e. The quantitative estimate of drug-likeness (QED) is 0.615. The fraction of sp³-hybridized carbons (Fsp3) is 0.381. The van der Waals surface area contributed by atoms with Crippen molar-refractivity contribution >= 4 is 29.0 Å². The van der Waals surface area contributed by atoms with Gasteiger partial charge in [-0.25, -0.2) is 4.98 Å². The van der Waals surface area contributed by atoms with Crippen molar-refractivity contribution in [2.75, 3.05) is 22.5 Å². The molecule has 0 atom stereocenters. The van der Waals surface area contributed by atoms with Crippen LogP contribution in [0.3, 0.4) is 0 Å². The van der Waals surface area contributed by atoms with Crippen LogP contribution in [-0.2, 0) is 4.79 Å². The lowest BCUT2D eigenvalue weighted by Crippen LogP contribution is -2.09. The first-order chi connectivity index (χ1) is 13.1. The Morgan fingerprint density at radius 2 is 1.89 bits per heavy atom. The Hall–Kier alpha value is -2.89. The van der Waals surface area contributed by atoms with Crippen molar-refractivity contribution in [1.29, 1.82) is 0 Å². The van der Waals surface area contributed by atoms with Gasteiger partial charge in [0.05, 0.1) is 0 Å². The molecule has 1 aliphatic rings. The van der Waals surface area contributed by atoms with Crippen LogP contribution < -0.4 is 16.0 Å². The summed E-state index contributed by atoms with van der Waals surface area (Å²) in [6, 6.07) is 9.44. The number of carbonyl (C=O) groups is 1. The van der Waals surface area contributed by atoms with Crippen LogP contribution in [0, 0.1) is 6.92 Å². The van der Waals surface area contributed by atoms with Gasteiger partial charge in [-0.3, -0.25) is 4.79 Å². The first-order valence-corrected chi connectivity index (χ1v) is 9.50. The molecule has 27 heavy (non-hydrogen) atoms. The predicted molar refractivity (Wildman–Crippen MR) is 110 cm³/mol. The van der Waals surface area contributed by atoms with Crippen molar-refractivity contribution in [1.82, 2.24) is 9.97 Å². The zero-order chi connectivity index (χ0) is 19.1. The average molecular weight is 365 g/mol. The molecule has 6 heteroatoms. The van der Waals surface area contributed by atoms with Crippen LogP contribution in [-0.4, -0.2) is 22.4 Å². The Balaban J connectivity index is 1.59. The highest BCUT2D eigenvalue weighted by molar-refractivity contribution is 5.88. The molecule has 0 fully saturated rings. The topological polar surface area (TPSA) is 78.9 Å². The van der Waals surface area contributed by atoms with Gasteiger partial charge in [0, 0.05) is 36.6 Å². The minimum absolute atomic E-state index is 0.0816. The Bertz CT molecular complexity index is 814. The number of amides is 1. The number of benzene rings is 1. The van der Waals surface area contributed by atoms with Crippen molar-refractivity contribution in [2.24, 2.45) is 0 Å². The minimum Gasteiger partial charge on any atom is -0.354 e. The van der Waals surface area contributed by atoms with E-state index in [1.54, 1.807) is 5.57 Å². The summed E-state index contributed by atoms with van der Waals surface area (Å²) in [7, 11) is 0. The normalized spacial score (nSPS) is 13.6. The number of allylic oxidation sites excluding steroid dienone is 1. The zero-order valence-electron chi connectivity index (χ0n) is 16.0. The molecule has 3 N–H and O–H groups in total. The zero-order valence-corrected chi connectivity index (χ0v) is 16.0. The van der Waals surface area contributed by atoms with E-state index >= 15 is 0 Å². The number of rotatable bonds is 7. The monoisotopic (exact) mass is 365 g/mol. The van der Waals surface area contributed by atoms with Gasteiger partial charge in [-0.1, -0.05) is 11.6 Å². The van der Waals surface area contributed by atoms with Crippen LogP contribution in [0.2, 0.25) is 0 Å². The number of carbonyl (C=O) groups excluding carboxylic acids is 1. The van der Waals surface area contributed by atoms with Gasteiger partial charge >= 0.3 is 0 Å². The fourth-order valence-corrected chi connectivity index (χ4v) is 3.17. The standard InChI is InChI=1S/C21H27N5O/c1-15-14-20(25-19-10-8-18(9-11-19)24-16(2)27)26-21(23-15)22-13-12-17-6-4-3-5-7-17/h6,8-11,14H,3-5,7,12-13H2,1-2H3,(H,24,27)(H2,22,23,25,26). The second kappa shape index (κ2) is 9.16. The summed E-state index contributed by atoms with van der Waals surface area (Å²) in [5.41, 5.74) is 4.12. The molecule has 0 spiro atoms. The first-order valence-electron chi connectivity index (χ1n) is 9.50. The van der Waals surface area contributed by atoms with E-state index < -0.39 is 0 Å². The van der Waals surface area contributed by atoms with E-state index in [1.807, 2.05) is 37.3 Å². The van der Waals surface area contributed by atoms with Crippen molar-refractivity contribution < 1.29 is 4.79 Å². The third kappa shape index (κ3) is 6.09. The maximum Gasteiger partial charge on any atom is 0.224 e. The van der Waals surface area contributed by atoms with Gasteiger partial charge in [-0.2, -0.15) is 4.98 Å². The molecule has 0 unspecified atom stereocenters. The molecule has 0 saturated carbocycles. The molecule has 1 aromatic carbocycles. The molecule has 6 nitrogen and oxygen atoms in total. The molecule has 1 aliphatic carbocycles. The lowest BCUT2D eigenvalue weighted by Gasteiger charge is -2.14. The lowest BCUT2D eigenvalue weighted by atomic mass is 9.97. The first kappa shape index (κ1) is 18.9. The van der Waals surface area contributed by atoms with Crippen molar-refractivity contribution in [3.05, 3.63) is 47.7 Å². The molecule has 0 aliphatic heterocycles. The van der Waals surface area contributed by atoms with E-state index in [0.717, 1.165) is 35.9 Å². The summed E-state index contributed by atoms with van der Waals surface area (Å²) >= 11 is 0. The summed E-state index contributed by atoms with van der Waals surface area (Å²) in [6.07, 6.45) is 8.48. The summed E-state index contributed by atoms with van der Waals surface area (Å²) in [4.78, 5) is 20.1. The number of nitrogens with one attached hydrogen (secondary N) is 3. The number of anilines is 4. The number of nitrogens with zero attached hydrogens (tertiary/aromatic N) is 2. The summed E-state index contributed by atoms with van der Waals surface area (Å²) in [5, 5.41) is 9.39. The van der Waals surface area contributed by atoms with Gasteiger partial charge in [-0.15, -0.1) is 0 Å². The largest absolute Gasteiger partial charge is 0.354 e. The highest BCUT2D eigenvalue weighted by Gasteiger charge is 2.06. The molecule has 1 aromatic heterocycles. The third-order valence-electron chi connectivity index (χ3n) is 4.45. The van der Waals surface area contributed by atoms with E-state index in [0.29, 0.717) is 5.95 Å². The molecule has 1 amide bonds. The van der Waals surface area contributed by atoms with E-state index in [1.165, 1.54) is 32.6 Å². The van der Waals surface area contributed by atoms with Crippen LogP contribution >= 0.6 is 0 Å². The van der Waals surface area contributed by atoms with E-state index in [4.69, 9.17) is 0 Å². The SMILES string of the molecule is CC(=O)Nc1ccc(Nc2cc(C)nc(NCCC3=CCCCC3)n2)cc1. The number of hydrogen-bond donors (Lipinski definition) is 3. The van der Waals surface area contributed by atoms with E-state index in [2.05, 4.69) is 32.0 Å². The van der Waals surface area contributed by atoms with Crippen LogP contribution in [0.25, 0.3) is 0 Å². The fourth-order valence-electron chi connectivity index (χ4n) is 3.17. The highest BCUT2D eigenvalue weighted by Crippen LogP contribution is 2.21. The maximum absolute atomic E-state index is 11.1. The Kier molecular flexibility index (Phi) is 6.41. The molecule has 142 valence electrons. The Morgan fingerprint density at radius 3 is 2.59 bits per heavy atom. The summed E-state index contributed by atoms with van der Waals surface area (Å²) in [5.74, 6) is 1.31. The van der Waals surface area contributed by atoms with Gasteiger partial charge < -0.3 is 16.0 Å². The molecular formula is C21H27N5O. The highest BCUT2D eigenvalue weighted by atomic mass is 16.1. The van der Waals surface area contributed by atoms with Crippen molar-refractivity contribution in [2.45, 2.75) is 46.0 Å². The second-order valence-electron chi connectivity index (χ2n) is 6.89. The van der Waals surface area contributed by atoms with Gasteiger partial charge in [0.1, 0.15) is 5.82 Å².